The third-order valence-electron chi connectivity index (χ3n) is 5.58. The highest BCUT2D eigenvalue weighted by Gasteiger charge is 2.45. The first kappa shape index (κ1) is 18.7. The minimum atomic E-state index is -4.36. The molecule has 0 unspecified atom stereocenters. The number of halogens is 1. The molecule has 0 saturated carbocycles. The van der Waals surface area contributed by atoms with Crippen molar-refractivity contribution in [2.75, 3.05) is 18.4 Å². The first-order chi connectivity index (χ1) is 14.3. The fourth-order valence-electron chi connectivity index (χ4n) is 4.25. The van der Waals surface area contributed by atoms with E-state index in [4.69, 9.17) is 0 Å². The SMILES string of the molecule is O=C(CN1C(=O)Nc2ccc(F)cc2S1(=O)=O)N1C[C@H]2C=C(c3cncnc3)[C@@H]1C2. The molecule has 3 aliphatic rings. The summed E-state index contributed by atoms with van der Waals surface area (Å²) in [6, 6.07) is 1.89. The van der Waals surface area contributed by atoms with Crippen molar-refractivity contribution in [1.82, 2.24) is 19.2 Å². The minimum absolute atomic E-state index is 0.0142. The largest absolute Gasteiger partial charge is 0.336 e. The number of hydrogen-bond acceptors (Lipinski definition) is 6. The zero-order valence-corrected chi connectivity index (χ0v) is 16.3. The Morgan fingerprint density at radius 1 is 1.27 bits per heavy atom. The van der Waals surface area contributed by atoms with Crippen LogP contribution in [0.15, 0.2) is 47.9 Å². The Morgan fingerprint density at radius 2 is 2.03 bits per heavy atom. The van der Waals surface area contributed by atoms with Gasteiger partial charge in [0.15, 0.2) is 0 Å². The summed E-state index contributed by atoms with van der Waals surface area (Å²) in [5.41, 5.74) is 1.70. The summed E-state index contributed by atoms with van der Waals surface area (Å²) in [5.74, 6) is -1.10. The topological polar surface area (TPSA) is 113 Å². The van der Waals surface area contributed by atoms with E-state index in [1.165, 1.54) is 12.4 Å². The number of sulfonamides is 1. The predicted octanol–water partition coefficient (Wildman–Crippen LogP) is 1.47. The van der Waals surface area contributed by atoms with Gasteiger partial charge in [0, 0.05) is 24.5 Å². The van der Waals surface area contributed by atoms with Gasteiger partial charge in [-0.05, 0) is 36.1 Å². The third-order valence-corrected chi connectivity index (χ3v) is 7.35. The number of benzene rings is 1. The molecule has 2 aromatic rings. The lowest BCUT2D eigenvalue weighted by molar-refractivity contribution is -0.131. The molecule has 1 fully saturated rings. The molecular formula is C19H16FN5O4S. The summed E-state index contributed by atoms with van der Waals surface area (Å²) in [6.45, 7) is -0.215. The van der Waals surface area contributed by atoms with Crippen molar-refractivity contribution in [3.8, 4) is 0 Å². The van der Waals surface area contributed by atoms with Crippen LogP contribution in [-0.2, 0) is 14.8 Å². The Morgan fingerprint density at radius 3 is 2.77 bits per heavy atom. The Bertz CT molecular complexity index is 1200. The van der Waals surface area contributed by atoms with Crippen LogP contribution in [0.4, 0.5) is 14.9 Å². The van der Waals surface area contributed by atoms with Gasteiger partial charge in [0.25, 0.3) is 10.0 Å². The lowest BCUT2D eigenvalue weighted by Crippen LogP contribution is -2.50. The van der Waals surface area contributed by atoms with E-state index in [2.05, 4.69) is 21.4 Å². The number of nitrogens with zero attached hydrogens (tertiary/aromatic N) is 4. The Labute approximate surface area is 171 Å². The first-order valence-electron chi connectivity index (χ1n) is 9.24. The van der Waals surface area contributed by atoms with Gasteiger partial charge in [-0.25, -0.2) is 31.9 Å². The second-order valence-electron chi connectivity index (χ2n) is 7.39. The van der Waals surface area contributed by atoms with E-state index in [0.717, 1.165) is 29.7 Å². The second kappa shape index (κ2) is 6.59. The minimum Gasteiger partial charge on any atom is -0.333 e. The smallest absolute Gasteiger partial charge is 0.333 e. The number of hydrogen-bond donors (Lipinski definition) is 1. The second-order valence-corrected chi connectivity index (χ2v) is 9.22. The number of rotatable bonds is 3. The zero-order chi connectivity index (χ0) is 21.0. The number of carbonyl (C=O) groups is 2. The average Bonchev–Trinajstić information content (AvgIpc) is 3.34. The lowest BCUT2D eigenvalue weighted by atomic mass is 10.0. The van der Waals surface area contributed by atoms with Crippen molar-refractivity contribution in [2.45, 2.75) is 17.4 Å². The van der Waals surface area contributed by atoms with Crippen molar-refractivity contribution < 1.29 is 22.4 Å². The van der Waals surface area contributed by atoms with Crippen molar-refractivity contribution in [1.29, 1.82) is 0 Å². The standard InChI is InChI=1S/C19H16FN5O4S/c20-13-1-2-15-17(5-13)30(28,29)25(19(27)23-15)9-18(26)24-8-11-3-14(16(24)4-11)12-6-21-10-22-7-12/h1-3,5-7,10-11,16H,4,8-9H2,(H,23,27)/t11-,16-/m0/s1. The molecular weight excluding hydrogens is 413 g/mol. The molecule has 2 bridgehead atoms. The average molecular weight is 429 g/mol. The summed E-state index contributed by atoms with van der Waals surface area (Å²) >= 11 is 0. The van der Waals surface area contributed by atoms with E-state index in [0.29, 0.717) is 10.8 Å². The van der Waals surface area contributed by atoms with Crippen LogP contribution in [0.3, 0.4) is 0 Å². The number of carbonyl (C=O) groups excluding carboxylic acids is 2. The van der Waals surface area contributed by atoms with E-state index in [1.807, 2.05) is 0 Å². The Balaban J connectivity index is 1.40. The molecule has 3 amide bonds. The Hall–Kier alpha value is -3.34. The molecule has 2 atom stereocenters. The molecule has 0 spiro atoms. The van der Waals surface area contributed by atoms with Crippen molar-refractivity contribution >= 4 is 33.2 Å². The molecule has 11 heteroatoms. The number of nitrogens with one attached hydrogen (secondary N) is 1. The molecule has 9 nitrogen and oxygen atoms in total. The summed E-state index contributed by atoms with van der Waals surface area (Å²) in [4.78, 5) is 34.6. The van der Waals surface area contributed by atoms with Gasteiger partial charge in [-0.2, -0.15) is 0 Å². The van der Waals surface area contributed by atoms with Gasteiger partial charge < -0.3 is 10.2 Å². The maximum atomic E-state index is 13.6. The van der Waals surface area contributed by atoms with Gasteiger partial charge in [-0.3, -0.25) is 4.79 Å². The van der Waals surface area contributed by atoms with Crippen molar-refractivity contribution in [3.63, 3.8) is 0 Å². The summed E-state index contributed by atoms with van der Waals surface area (Å²) in [5, 5.41) is 2.40. The van der Waals surface area contributed by atoms with E-state index in [9.17, 15) is 22.4 Å². The van der Waals surface area contributed by atoms with Gasteiger partial charge in [0.2, 0.25) is 5.91 Å². The molecule has 5 rings (SSSR count). The Kier molecular flexibility index (Phi) is 4.10. The maximum absolute atomic E-state index is 13.6. The van der Waals surface area contributed by atoms with Crippen LogP contribution in [0.5, 0.6) is 0 Å². The fraction of sp³-hybridized carbons (Fsp3) is 0.263. The summed E-state index contributed by atoms with van der Waals surface area (Å²) < 4.78 is 39.8. The number of anilines is 1. The van der Waals surface area contributed by atoms with Gasteiger partial charge in [0.05, 0.1) is 11.7 Å². The van der Waals surface area contributed by atoms with Crippen LogP contribution in [-0.4, -0.2) is 58.7 Å². The monoisotopic (exact) mass is 429 g/mol. The van der Waals surface area contributed by atoms with Gasteiger partial charge in [-0.15, -0.1) is 0 Å². The zero-order valence-electron chi connectivity index (χ0n) is 15.5. The van der Waals surface area contributed by atoms with Crippen LogP contribution < -0.4 is 5.32 Å². The molecule has 3 heterocycles. The van der Waals surface area contributed by atoms with Crippen LogP contribution >= 0.6 is 0 Å². The normalized spacial score (nSPS) is 23.8. The van der Waals surface area contributed by atoms with Crippen LogP contribution in [0, 0.1) is 11.7 Å². The van der Waals surface area contributed by atoms with E-state index < -0.39 is 34.3 Å². The number of aromatic nitrogens is 2. The third kappa shape index (κ3) is 2.84. The highest BCUT2D eigenvalue weighted by molar-refractivity contribution is 7.90. The van der Waals surface area contributed by atoms with E-state index in [1.54, 1.807) is 17.3 Å². The van der Waals surface area contributed by atoms with Crippen molar-refractivity contribution in [3.05, 3.63) is 54.4 Å². The molecule has 154 valence electrons. The number of urea groups is 1. The van der Waals surface area contributed by atoms with E-state index >= 15 is 0 Å². The first-order valence-corrected chi connectivity index (χ1v) is 10.7. The number of likely N-dealkylation sites (tertiary alicyclic amines) is 1. The van der Waals surface area contributed by atoms with Gasteiger partial charge in [-0.1, -0.05) is 6.08 Å². The number of fused-ring (bicyclic) bond motifs is 3. The van der Waals surface area contributed by atoms with Gasteiger partial charge in [0.1, 0.15) is 23.6 Å². The number of amides is 3. The molecule has 0 radical (unpaired) electrons. The lowest BCUT2D eigenvalue weighted by Gasteiger charge is -2.32. The highest BCUT2D eigenvalue weighted by Crippen LogP contribution is 2.41. The van der Waals surface area contributed by atoms with Crippen LogP contribution in [0.25, 0.3) is 5.57 Å². The molecule has 2 aliphatic heterocycles. The molecule has 1 N–H and O–H groups in total. The molecule has 1 aliphatic carbocycles. The van der Waals surface area contributed by atoms with E-state index in [-0.39, 0.29) is 22.5 Å². The van der Waals surface area contributed by atoms with Gasteiger partial charge >= 0.3 is 6.03 Å². The van der Waals surface area contributed by atoms with Crippen LogP contribution in [0.2, 0.25) is 0 Å². The highest BCUT2D eigenvalue weighted by atomic mass is 32.2. The molecule has 1 saturated heterocycles. The summed E-state index contributed by atoms with van der Waals surface area (Å²) in [6.07, 6.45) is 7.55. The summed E-state index contributed by atoms with van der Waals surface area (Å²) in [7, 11) is -4.36. The fourth-order valence-corrected chi connectivity index (χ4v) is 5.69. The van der Waals surface area contributed by atoms with Crippen LogP contribution in [0.1, 0.15) is 12.0 Å². The molecule has 1 aromatic carbocycles. The molecule has 1 aromatic heterocycles. The quantitative estimate of drug-likeness (QED) is 0.791. The molecule has 30 heavy (non-hydrogen) atoms. The maximum Gasteiger partial charge on any atom is 0.336 e. The predicted molar refractivity (Wildman–Crippen MR) is 103 cm³/mol. The van der Waals surface area contributed by atoms with Crippen molar-refractivity contribution in [2.24, 2.45) is 5.92 Å².